The zero-order valence-corrected chi connectivity index (χ0v) is 14.5. The van der Waals surface area contributed by atoms with Gasteiger partial charge in [-0.05, 0) is 51.8 Å². The predicted molar refractivity (Wildman–Crippen MR) is 86.8 cm³/mol. The number of ether oxygens (including phenoxy) is 1. The molecule has 0 radical (unpaired) electrons. The maximum Gasteiger partial charge on any atom is 0.411 e. The number of benzene rings is 1. The van der Waals surface area contributed by atoms with Crippen LogP contribution in [0, 0.1) is 5.82 Å². The van der Waals surface area contributed by atoms with E-state index < -0.39 is 17.7 Å². The summed E-state index contributed by atoms with van der Waals surface area (Å²) in [5.41, 5.74) is 0.310. The minimum Gasteiger partial charge on any atom is -0.444 e. The van der Waals surface area contributed by atoms with Gasteiger partial charge >= 0.3 is 6.09 Å². The molecule has 24 heavy (non-hydrogen) atoms. The highest BCUT2D eigenvalue weighted by Crippen LogP contribution is 2.38. The molecule has 2 fully saturated rings. The molecule has 6 heteroatoms. The van der Waals surface area contributed by atoms with Crippen LogP contribution in [0.4, 0.5) is 9.18 Å². The molecule has 0 aromatic heterocycles. The van der Waals surface area contributed by atoms with Crippen LogP contribution in [0.1, 0.15) is 45.7 Å². The molecule has 0 saturated carbocycles. The van der Waals surface area contributed by atoms with E-state index in [1.165, 1.54) is 17.0 Å². The summed E-state index contributed by atoms with van der Waals surface area (Å²) in [5.74, 6) is -0.356. The molecule has 2 amide bonds. The third-order valence-electron chi connectivity index (χ3n) is 4.61. The van der Waals surface area contributed by atoms with Gasteiger partial charge in [-0.1, -0.05) is 12.1 Å². The van der Waals surface area contributed by atoms with E-state index in [4.69, 9.17) is 4.74 Å². The summed E-state index contributed by atoms with van der Waals surface area (Å²) in [6, 6.07) is 5.59. The van der Waals surface area contributed by atoms with Gasteiger partial charge in [0.05, 0.1) is 12.1 Å². The number of fused-ring (bicyclic) bond motifs is 2. The molecule has 1 aromatic carbocycles. The lowest BCUT2D eigenvalue weighted by Gasteiger charge is -2.38. The average molecular weight is 334 g/mol. The van der Waals surface area contributed by atoms with E-state index in [9.17, 15) is 14.0 Å². The number of nitrogens with zero attached hydrogens (tertiary/aromatic N) is 2. The van der Waals surface area contributed by atoms with Crippen molar-refractivity contribution < 1.29 is 18.7 Å². The number of likely N-dealkylation sites (tertiary alicyclic amines) is 2. The maximum absolute atomic E-state index is 13.1. The van der Waals surface area contributed by atoms with E-state index in [0.29, 0.717) is 13.0 Å². The van der Waals surface area contributed by atoms with E-state index in [1.54, 1.807) is 12.1 Å². The normalized spacial score (nSPS) is 24.5. The fraction of sp³-hybridized carbons (Fsp3) is 0.556. The average Bonchev–Trinajstić information content (AvgIpc) is 3.03. The second-order valence-electron chi connectivity index (χ2n) is 7.51. The molecule has 5 nitrogen and oxygen atoms in total. The molecule has 130 valence electrons. The van der Waals surface area contributed by atoms with Gasteiger partial charge in [0.1, 0.15) is 17.5 Å². The van der Waals surface area contributed by atoms with Gasteiger partial charge in [-0.3, -0.25) is 9.69 Å². The third-order valence-corrected chi connectivity index (χ3v) is 4.61. The van der Waals surface area contributed by atoms with Crippen molar-refractivity contribution in [3.05, 3.63) is 35.6 Å². The number of carbonyl (C=O) groups is 2. The number of hydrogen-bond donors (Lipinski definition) is 0. The van der Waals surface area contributed by atoms with E-state index in [-0.39, 0.29) is 23.8 Å². The Kier molecular flexibility index (Phi) is 4.01. The Labute approximate surface area is 141 Å². The molecule has 3 rings (SSSR count). The number of hydrogen-bond acceptors (Lipinski definition) is 3. The molecule has 1 aromatic rings. The van der Waals surface area contributed by atoms with Gasteiger partial charge in [0.25, 0.3) is 0 Å². The lowest BCUT2D eigenvalue weighted by molar-refractivity contribution is -0.138. The number of piperazine rings is 1. The number of halogens is 1. The number of amides is 2. The zero-order chi connectivity index (χ0) is 17.6. The fourth-order valence-corrected chi connectivity index (χ4v) is 3.53. The Morgan fingerprint density at radius 2 is 1.92 bits per heavy atom. The molecule has 2 aliphatic rings. The van der Waals surface area contributed by atoms with Crippen molar-refractivity contribution in [3.63, 3.8) is 0 Å². The third kappa shape index (κ3) is 2.97. The van der Waals surface area contributed by atoms with Crippen LogP contribution in [0.25, 0.3) is 0 Å². The van der Waals surface area contributed by atoms with Crippen LogP contribution in [-0.4, -0.2) is 46.0 Å². The SMILES string of the molecule is C[C@@H](c1ccc(F)cc1)N1C(=O)[C@H]2C[C@@H]1CN2C(=O)OC(C)(C)C. The summed E-state index contributed by atoms with van der Waals surface area (Å²) in [6.45, 7) is 7.85. The van der Waals surface area contributed by atoms with Crippen molar-refractivity contribution in [2.45, 2.75) is 57.8 Å². The van der Waals surface area contributed by atoms with Gasteiger partial charge < -0.3 is 9.64 Å². The van der Waals surface area contributed by atoms with Crippen molar-refractivity contribution in [1.29, 1.82) is 0 Å². The summed E-state index contributed by atoms with van der Waals surface area (Å²) in [4.78, 5) is 28.4. The molecule has 3 atom stereocenters. The minimum absolute atomic E-state index is 0.0185. The Hall–Kier alpha value is -2.11. The van der Waals surface area contributed by atoms with Gasteiger partial charge in [0.15, 0.2) is 0 Å². The summed E-state index contributed by atoms with van der Waals surface area (Å²) in [6.07, 6.45) is 0.196. The maximum atomic E-state index is 13.1. The molecule has 2 heterocycles. The van der Waals surface area contributed by atoms with Gasteiger partial charge in [-0.25, -0.2) is 9.18 Å². The smallest absolute Gasteiger partial charge is 0.411 e. The molecule has 2 bridgehead atoms. The van der Waals surface area contributed by atoms with Crippen LogP contribution in [-0.2, 0) is 9.53 Å². The highest BCUT2D eigenvalue weighted by atomic mass is 19.1. The molecule has 0 aliphatic carbocycles. The number of rotatable bonds is 2. The Morgan fingerprint density at radius 1 is 1.29 bits per heavy atom. The molecule has 0 unspecified atom stereocenters. The molecule has 2 aliphatic heterocycles. The summed E-state index contributed by atoms with van der Waals surface area (Å²) in [5, 5.41) is 0. The van der Waals surface area contributed by atoms with Crippen LogP contribution in [0.5, 0.6) is 0 Å². The molecule has 2 saturated heterocycles. The first kappa shape index (κ1) is 16.7. The summed E-state index contributed by atoms with van der Waals surface area (Å²) < 4.78 is 18.5. The largest absolute Gasteiger partial charge is 0.444 e. The van der Waals surface area contributed by atoms with Crippen LogP contribution in [0.3, 0.4) is 0 Å². The van der Waals surface area contributed by atoms with Gasteiger partial charge in [-0.15, -0.1) is 0 Å². The predicted octanol–water partition coefficient (Wildman–Crippen LogP) is 3.11. The second kappa shape index (κ2) is 5.76. The Bertz CT molecular complexity index is 653. The van der Waals surface area contributed by atoms with E-state index in [1.807, 2.05) is 32.6 Å². The van der Waals surface area contributed by atoms with E-state index in [0.717, 1.165) is 5.56 Å². The standard InChI is InChI=1S/C18H23FN2O3/c1-11(12-5-7-13(19)8-6-12)21-14-9-15(16(21)22)20(10-14)17(23)24-18(2,3)4/h5-8,11,14-15H,9-10H2,1-4H3/t11-,14+,15+/m0/s1. The quantitative estimate of drug-likeness (QED) is 0.835. The summed E-state index contributed by atoms with van der Waals surface area (Å²) >= 11 is 0. The second-order valence-corrected chi connectivity index (χ2v) is 7.51. The monoisotopic (exact) mass is 334 g/mol. The highest BCUT2D eigenvalue weighted by molar-refractivity contribution is 5.90. The van der Waals surface area contributed by atoms with Crippen molar-refractivity contribution in [3.8, 4) is 0 Å². The first-order valence-corrected chi connectivity index (χ1v) is 8.24. The molecular formula is C18H23FN2O3. The molecular weight excluding hydrogens is 311 g/mol. The van der Waals surface area contributed by atoms with Crippen molar-refractivity contribution in [2.24, 2.45) is 0 Å². The summed E-state index contributed by atoms with van der Waals surface area (Å²) in [7, 11) is 0. The van der Waals surface area contributed by atoms with Crippen molar-refractivity contribution in [1.82, 2.24) is 9.80 Å². The lowest BCUT2D eigenvalue weighted by Crippen LogP contribution is -2.53. The fourth-order valence-electron chi connectivity index (χ4n) is 3.53. The van der Waals surface area contributed by atoms with Crippen LogP contribution >= 0.6 is 0 Å². The van der Waals surface area contributed by atoms with Gasteiger partial charge in [0.2, 0.25) is 5.91 Å². The van der Waals surface area contributed by atoms with E-state index >= 15 is 0 Å². The van der Waals surface area contributed by atoms with Crippen LogP contribution in [0.15, 0.2) is 24.3 Å². The Morgan fingerprint density at radius 3 is 2.46 bits per heavy atom. The molecule has 0 N–H and O–H groups in total. The topological polar surface area (TPSA) is 49.9 Å². The van der Waals surface area contributed by atoms with Crippen molar-refractivity contribution in [2.75, 3.05) is 6.54 Å². The van der Waals surface area contributed by atoms with E-state index in [2.05, 4.69) is 0 Å². The van der Waals surface area contributed by atoms with Crippen LogP contribution in [0.2, 0.25) is 0 Å². The first-order chi connectivity index (χ1) is 11.2. The molecule has 0 spiro atoms. The lowest BCUT2D eigenvalue weighted by atomic mass is 10.1. The van der Waals surface area contributed by atoms with Crippen molar-refractivity contribution >= 4 is 12.0 Å². The highest BCUT2D eigenvalue weighted by Gasteiger charge is 2.53. The number of carbonyl (C=O) groups excluding carboxylic acids is 2. The Balaban J connectivity index is 1.72. The first-order valence-electron chi connectivity index (χ1n) is 8.24. The van der Waals surface area contributed by atoms with Crippen LogP contribution < -0.4 is 0 Å². The minimum atomic E-state index is -0.580. The van der Waals surface area contributed by atoms with Gasteiger partial charge in [-0.2, -0.15) is 0 Å². The van der Waals surface area contributed by atoms with Gasteiger partial charge in [0, 0.05) is 6.54 Å². The zero-order valence-electron chi connectivity index (χ0n) is 14.5.